The lowest BCUT2D eigenvalue weighted by molar-refractivity contribution is -0.384. The lowest BCUT2D eigenvalue weighted by Crippen LogP contribution is -2.04. The van der Waals surface area contributed by atoms with Gasteiger partial charge in [0, 0.05) is 13.5 Å². The molecule has 0 saturated carbocycles. The summed E-state index contributed by atoms with van der Waals surface area (Å²) in [6.07, 6.45) is 0.0779. The minimum Gasteiger partial charge on any atom is -0.381 e. The summed E-state index contributed by atoms with van der Waals surface area (Å²) in [7, 11) is 1.55. The van der Waals surface area contributed by atoms with Gasteiger partial charge in [-0.2, -0.15) is 5.10 Å². The Kier molecular flexibility index (Phi) is 3.42. The predicted octanol–water partition coefficient (Wildman–Crippen LogP) is 0.615. The molecule has 0 spiro atoms. The normalized spacial score (nSPS) is 12.5. The van der Waals surface area contributed by atoms with Crippen LogP contribution in [0.3, 0.4) is 0 Å². The van der Waals surface area contributed by atoms with E-state index in [4.69, 9.17) is 5.11 Å². The van der Waals surface area contributed by atoms with Gasteiger partial charge in [-0.25, -0.2) is 0 Å². The Morgan fingerprint density at radius 3 is 2.93 bits per heavy atom. The van der Waals surface area contributed by atoms with Crippen LogP contribution in [0.1, 0.15) is 5.69 Å². The third kappa shape index (κ3) is 2.20. The number of nitrogens with zero attached hydrogens (tertiary/aromatic N) is 2. The molecule has 14 heavy (non-hydrogen) atoms. The largest absolute Gasteiger partial charge is 0.381 e. The van der Waals surface area contributed by atoms with Crippen molar-refractivity contribution in [1.29, 1.82) is 0 Å². The van der Waals surface area contributed by atoms with E-state index in [2.05, 4.69) is 31.4 Å². The van der Waals surface area contributed by atoms with Crippen molar-refractivity contribution >= 4 is 27.4 Å². The number of aliphatic hydroxyl groups excluding tert-OH is 1. The smallest absolute Gasteiger partial charge is 0.333 e. The van der Waals surface area contributed by atoms with Gasteiger partial charge in [0.2, 0.25) is 5.82 Å². The zero-order chi connectivity index (χ0) is 10.7. The molecular weight excluding hydrogens is 256 g/mol. The van der Waals surface area contributed by atoms with Crippen LogP contribution in [0, 0.1) is 10.1 Å². The van der Waals surface area contributed by atoms with E-state index in [0.29, 0.717) is 0 Å². The van der Waals surface area contributed by atoms with Crippen molar-refractivity contribution in [2.24, 2.45) is 0 Å². The molecule has 0 aliphatic carbocycles. The molecule has 0 amide bonds. The van der Waals surface area contributed by atoms with Gasteiger partial charge < -0.3 is 10.4 Å². The Hall–Kier alpha value is -1.15. The van der Waals surface area contributed by atoms with Gasteiger partial charge in [-0.05, 0) is 0 Å². The maximum Gasteiger partial charge on any atom is 0.333 e. The van der Waals surface area contributed by atoms with Gasteiger partial charge in [-0.3, -0.25) is 15.2 Å². The average Bonchev–Trinajstić information content (AvgIpc) is 2.46. The van der Waals surface area contributed by atoms with E-state index < -0.39 is 9.94 Å². The van der Waals surface area contributed by atoms with E-state index in [1.165, 1.54) is 0 Å². The highest BCUT2D eigenvalue weighted by Crippen LogP contribution is 2.26. The van der Waals surface area contributed by atoms with Crippen LogP contribution in [-0.2, 0) is 6.42 Å². The van der Waals surface area contributed by atoms with Gasteiger partial charge in [0.15, 0.2) is 0 Å². The van der Waals surface area contributed by atoms with Crippen molar-refractivity contribution in [3.63, 3.8) is 0 Å². The summed E-state index contributed by atoms with van der Waals surface area (Å²) < 4.78 is 0. The number of H-pyrrole nitrogens is 1. The summed E-state index contributed by atoms with van der Waals surface area (Å²) in [6.45, 7) is 0. The fraction of sp³-hybridized carbons (Fsp3) is 0.500. The average molecular weight is 265 g/mol. The highest BCUT2D eigenvalue weighted by atomic mass is 79.9. The minimum absolute atomic E-state index is 0.0779. The van der Waals surface area contributed by atoms with E-state index in [1.54, 1.807) is 7.05 Å². The highest BCUT2D eigenvalue weighted by Gasteiger charge is 2.24. The van der Waals surface area contributed by atoms with Crippen LogP contribution in [0.25, 0.3) is 0 Å². The SMILES string of the molecule is CNc1[nH]nc(CC(O)Br)c1[N+](=O)[O-]. The molecule has 0 aliphatic rings. The van der Waals surface area contributed by atoms with Gasteiger partial charge in [0.25, 0.3) is 0 Å². The molecule has 1 aromatic rings. The van der Waals surface area contributed by atoms with Gasteiger partial charge in [0.1, 0.15) is 10.7 Å². The van der Waals surface area contributed by atoms with Crippen LogP contribution in [0.15, 0.2) is 0 Å². The van der Waals surface area contributed by atoms with Crippen LogP contribution in [-0.4, -0.2) is 32.3 Å². The summed E-state index contributed by atoms with van der Waals surface area (Å²) in [4.78, 5) is 10.1. The third-order valence-corrected chi connectivity index (χ3v) is 1.93. The summed E-state index contributed by atoms with van der Waals surface area (Å²) in [5.74, 6) is 0.234. The lowest BCUT2D eigenvalue weighted by Gasteiger charge is -1.98. The maximum atomic E-state index is 10.7. The number of rotatable bonds is 4. The van der Waals surface area contributed by atoms with Gasteiger partial charge >= 0.3 is 5.69 Å². The molecule has 1 rings (SSSR count). The molecule has 0 fully saturated rings. The van der Waals surface area contributed by atoms with Gasteiger partial charge in [-0.15, -0.1) is 0 Å². The van der Waals surface area contributed by atoms with Gasteiger partial charge in [-0.1, -0.05) is 15.9 Å². The third-order valence-electron chi connectivity index (χ3n) is 1.61. The number of halogens is 1. The number of aromatic amines is 1. The standard InChI is InChI=1S/C6H9BrN4O3/c1-8-6-5(11(13)14)3(9-10-6)2-4(7)12/h4,12H,2H2,1H3,(H2,8,9,10). The minimum atomic E-state index is -0.839. The number of nitrogens with one attached hydrogen (secondary N) is 2. The molecule has 1 atom stereocenters. The summed E-state index contributed by atoms with van der Waals surface area (Å²) in [5.41, 5.74) is 0.0784. The van der Waals surface area contributed by atoms with Crippen molar-refractivity contribution in [3.8, 4) is 0 Å². The van der Waals surface area contributed by atoms with Crippen LogP contribution in [0.5, 0.6) is 0 Å². The van der Waals surface area contributed by atoms with Crippen LogP contribution in [0.2, 0.25) is 0 Å². The van der Waals surface area contributed by atoms with Crippen molar-refractivity contribution in [1.82, 2.24) is 10.2 Å². The van der Waals surface area contributed by atoms with Crippen LogP contribution in [0.4, 0.5) is 11.5 Å². The molecule has 1 heterocycles. The molecule has 0 aliphatic heterocycles. The Balaban J connectivity index is 3.04. The number of aliphatic hydroxyl groups is 1. The summed E-state index contributed by atoms with van der Waals surface area (Å²) in [5, 5.41) is 27.6. The first-order chi connectivity index (χ1) is 6.56. The number of aromatic nitrogens is 2. The monoisotopic (exact) mass is 264 g/mol. The molecule has 0 saturated heterocycles. The summed E-state index contributed by atoms with van der Waals surface area (Å²) in [6, 6.07) is 0. The maximum absolute atomic E-state index is 10.7. The number of nitro groups is 1. The van der Waals surface area contributed by atoms with Crippen molar-refractivity contribution in [2.75, 3.05) is 12.4 Å². The van der Waals surface area contributed by atoms with Crippen LogP contribution < -0.4 is 5.32 Å². The fourth-order valence-corrected chi connectivity index (χ4v) is 1.35. The van der Waals surface area contributed by atoms with E-state index in [-0.39, 0.29) is 23.6 Å². The molecule has 0 aromatic carbocycles. The zero-order valence-electron chi connectivity index (χ0n) is 7.32. The second-order valence-corrected chi connectivity index (χ2v) is 3.60. The molecular formula is C6H9BrN4O3. The second kappa shape index (κ2) is 4.38. The fourth-order valence-electron chi connectivity index (χ4n) is 1.05. The molecule has 0 radical (unpaired) electrons. The molecule has 1 unspecified atom stereocenters. The van der Waals surface area contributed by atoms with Crippen molar-refractivity contribution < 1.29 is 10.0 Å². The second-order valence-electron chi connectivity index (χ2n) is 2.54. The van der Waals surface area contributed by atoms with Crippen molar-refractivity contribution in [3.05, 3.63) is 15.8 Å². The molecule has 7 nitrogen and oxygen atoms in total. The molecule has 3 N–H and O–H groups in total. The topological polar surface area (TPSA) is 104 Å². The number of hydrogen-bond acceptors (Lipinski definition) is 5. The summed E-state index contributed by atoms with van der Waals surface area (Å²) >= 11 is 2.88. The zero-order valence-corrected chi connectivity index (χ0v) is 8.91. The number of anilines is 1. The van der Waals surface area contributed by atoms with E-state index in [9.17, 15) is 10.1 Å². The highest BCUT2D eigenvalue weighted by molar-refractivity contribution is 9.09. The Bertz CT molecular complexity index is 338. The first-order valence-corrected chi connectivity index (χ1v) is 4.69. The molecule has 8 heteroatoms. The predicted molar refractivity (Wildman–Crippen MR) is 53.4 cm³/mol. The molecule has 1 aromatic heterocycles. The van der Waals surface area contributed by atoms with E-state index in [1.807, 2.05) is 0 Å². The molecule has 78 valence electrons. The first-order valence-electron chi connectivity index (χ1n) is 3.77. The van der Waals surface area contributed by atoms with E-state index in [0.717, 1.165) is 0 Å². The number of alkyl halides is 1. The van der Waals surface area contributed by atoms with Crippen molar-refractivity contribution in [2.45, 2.75) is 11.4 Å². The first kappa shape index (κ1) is 10.9. The molecule has 0 bridgehead atoms. The quantitative estimate of drug-likeness (QED) is 0.420. The van der Waals surface area contributed by atoms with Gasteiger partial charge in [0.05, 0.1) is 4.92 Å². The van der Waals surface area contributed by atoms with Crippen LogP contribution >= 0.6 is 15.9 Å². The Morgan fingerprint density at radius 2 is 2.50 bits per heavy atom. The Labute approximate surface area is 87.8 Å². The number of hydrogen-bond donors (Lipinski definition) is 3. The van der Waals surface area contributed by atoms with E-state index >= 15 is 0 Å². The lowest BCUT2D eigenvalue weighted by atomic mass is 10.3. The Morgan fingerprint density at radius 1 is 1.86 bits per heavy atom.